The van der Waals surface area contributed by atoms with Crippen molar-refractivity contribution in [2.24, 2.45) is 0 Å². The molecule has 1 aliphatic rings. The molecule has 0 amide bonds. The van der Waals surface area contributed by atoms with Gasteiger partial charge in [0, 0.05) is 22.7 Å². The maximum atomic E-state index is 5.93. The van der Waals surface area contributed by atoms with Gasteiger partial charge in [0.2, 0.25) is 11.8 Å². The summed E-state index contributed by atoms with van der Waals surface area (Å²) < 4.78 is 5.84. The minimum atomic E-state index is 0.240. The van der Waals surface area contributed by atoms with E-state index < -0.39 is 0 Å². The van der Waals surface area contributed by atoms with Crippen LogP contribution in [0, 0.1) is 0 Å². The molecule has 26 heavy (non-hydrogen) atoms. The van der Waals surface area contributed by atoms with Gasteiger partial charge in [0.1, 0.15) is 0 Å². The molecule has 3 rings (SSSR count). The average molecular weight is 393 g/mol. The molecule has 0 unspecified atom stereocenters. The molecule has 140 valence electrons. The second kappa shape index (κ2) is 8.82. The lowest BCUT2D eigenvalue weighted by atomic mass is 9.96. The fourth-order valence-electron chi connectivity index (χ4n) is 3.17. The molecule has 0 bridgehead atoms. The van der Waals surface area contributed by atoms with Gasteiger partial charge in [0.05, 0.1) is 6.54 Å². The van der Waals surface area contributed by atoms with Crippen molar-refractivity contribution in [1.29, 1.82) is 0 Å². The molecule has 0 aliphatic heterocycles. The minimum Gasteiger partial charge on any atom is -0.419 e. The number of aromatic nitrogens is 2. The van der Waals surface area contributed by atoms with Gasteiger partial charge in [-0.05, 0) is 63.2 Å². The molecule has 0 radical (unpaired) electrons. The van der Waals surface area contributed by atoms with Crippen molar-refractivity contribution in [3.63, 3.8) is 0 Å². The van der Waals surface area contributed by atoms with Crippen molar-refractivity contribution < 1.29 is 4.42 Å². The van der Waals surface area contributed by atoms with Crippen LogP contribution in [0.5, 0.6) is 0 Å². The minimum absolute atomic E-state index is 0.240. The van der Waals surface area contributed by atoms with Crippen LogP contribution < -0.4 is 5.32 Å². The fraction of sp³-hybridized carbons (Fsp3) is 0.526. The molecule has 1 aliphatic carbocycles. The molecular weight excluding hydrogens is 368 g/mol. The van der Waals surface area contributed by atoms with E-state index in [2.05, 4.69) is 34.3 Å². The van der Waals surface area contributed by atoms with Gasteiger partial charge >= 0.3 is 0 Å². The molecule has 5 nitrogen and oxygen atoms in total. The lowest BCUT2D eigenvalue weighted by molar-refractivity contribution is 0.292. The molecule has 1 N–H and O–H groups in total. The van der Waals surface area contributed by atoms with Crippen molar-refractivity contribution in [3.05, 3.63) is 35.2 Å². The van der Waals surface area contributed by atoms with Gasteiger partial charge in [0.25, 0.3) is 0 Å². The number of benzene rings is 1. The first-order valence-corrected chi connectivity index (χ1v) is 9.97. The first kappa shape index (κ1) is 19.1. The molecular formula is C19H25ClN4OS. The Kier molecular flexibility index (Phi) is 6.48. The standard InChI is InChI=1S/C19H25ClN4OS/c1-13(2)24(19(26)21-16-6-4-3-5-7-16)12-17-22-23-18(25-17)14-8-10-15(20)11-9-14/h8-11,13,16H,3-7,12H2,1-2H3,(H,21,26). The van der Waals surface area contributed by atoms with E-state index in [4.69, 9.17) is 28.2 Å². The SMILES string of the molecule is CC(C)N(Cc1nnc(-c2ccc(Cl)cc2)o1)C(=S)NC1CCCCC1. The Balaban J connectivity index is 1.66. The summed E-state index contributed by atoms with van der Waals surface area (Å²) in [6, 6.07) is 8.08. The van der Waals surface area contributed by atoms with E-state index in [9.17, 15) is 0 Å². The van der Waals surface area contributed by atoms with Gasteiger partial charge in [-0.1, -0.05) is 30.9 Å². The Bertz CT molecular complexity index is 725. The van der Waals surface area contributed by atoms with E-state index in [0.29, 0.717) is 29.4 Å². The van der Waals surface area contributed by atoms with Gasteiger partial charge in [0.15, 0.2) is 5.11 Å². The molecule has 1 aromatic heterocycles. The highest BCUT2D eigenvalue weighted by Crippen LogP contribution is 2.22. The van der Waals surface area contributed by atoms with Crippen molar-refractivity contribution in [3.8, 4) is 11.5 Å². The second-order valence-electron chi connectivity index (χ2n) is 7.01. The van der Waals surface area contributed by atoms with E-state index in [-0.39, 0.29) is 6.04 Å². The number of thiocarbonyl (C=S) groups is 1. The van der Waals surface area contributed by atoms with Gasteiger partial charge in [-0.25, -0.2) is 0 Å². The monoisotopic (exact) mass is 392 g/mol. The number of nitrogens with one attached hydrogen (secondary N) is 1. The lowest BCUT2D eigenvalue weighted by Crippen LogP contribution is -2.47. The Morgan fingerprint density at radius 1 is 1.23 bits per heavy atom. The number of rotatable bonds is 5. The van der Waals surface area contributed by atoms with Crippen molar-refractivity contribution in [2.75, 3.05) is 0 Å². The van der Waals surface area contributed by atoms with Gasteiger partial charge < -0.3 is 14.6 Å². The molecule has 1 fully saturated rings. The quantitative estimate of drug-likeness (QED) is 0.737. The number of hydrogen-bond donors (Lipinski definition) is 1. The molecule has 0 atom stereocenters. The largest absolute Gasteiger partial charge is 0.419 e. The van der Waals surface area contributed by atoms with E-state index in [0.717, 1.165) is 10.7 Å². The third kappa shape index (κ3) is 4.95. The zero-order chi connectivity index (χ0) is 18.5. The zero-order valence-corrected chi connectivity index (χ0v) is 16.8. The van der Waals surface area contributed by atoms with Gasteiger partial charge in [-0.3, -0.25) is 0 Å². The van der Waals surface area contributed by atoms with E-state index in [1.54, 1.807) is 0 Å². The van der Waals surface area contributed by atoms with Crippen molar-refractivity contribution in [1.82, 2.24) is 20.4 Å². The third-order valence-corrected chi connectivity index (χ3v) is 5.28. The first-order valence-electron chi connectivity index (χ1n) is 9.18. The van der Waals surface area contributed by atoms with Crippen molar-refractivity contribution in [2.45, 2.75) is 64.6 Å². The van der Waals surface area contributed by atoms with Crippen LogP contribution in [0.2, 0.25) is 5.02 Å². The second-order valence-corrected chi connectivity index (χ2v) is 7.84. The number of nitrogens with zero attached hydrogens (tertiary/aromatic N) is 3. The Hall–Kier alpha value is -1.66. The normalized spacial score (nSPS) is 15.2. The summed E-state index contributed by atoms with van der Waals surface area (Å²) in [5, 5.41) is 13.3. The highest BCUT2D eigenvalue weighted by molar-refractivity contribution is 7.80. The summed E-state index contributed by atoms with van der Waals surface area (Å²) >= 11 is 11.6. The number of hydrogen-bond acceptors (Lipinski definition) is 4. The Morgan fingerprint density at radius 2 is 1.92 bits per heavy atom. The average Bonchev–Trinajstić information content (AvgIpc) is 3.09. The maximum Gasteiger partial charge on any atom is 0.247 e. The maximum absolute atomic E-state index is 5.93. The molecule has 1 aromatic carbocycles. The molecule has 2 aromatic rings. The Labute approximate surface area is 165 Å². The number of halogens is 1. The zero-order valence-electron chi connectivity index (χ0n) is 15.2. The van der Waals surface area contributed by atoms with Crippen LogP contribution >= 0.6 is 23.8 Å². The summed E-state index contributed by atoms with van der Waals surface area (Å²) in [7, 11) is 0. The van der Waals surface area contributed by atoms with Gasteiger partial charge in [-0.2, -0.15) is 0 Å². The van der Waals surface area contributed by atoms with Gasteiger partial charge in [-0.15, -0.1) is 10.2 Å². The van der Waals surface area contributed by atoms with Crippen LogP contribution in [0.25, 0.3) is 11.5 Å². The highest BCUT2D eigenvalue weighted by atomic mass is 35.5. The smallest absolute Gasteiger partial charge is 0.247 e. The van der Waals surface area contributed by atoms with Crippen LogP contribution in [-0.4, -0.2) is 32.3 Å². The van der Waals surface area contributed by atoms with E-state index in [1.807, 2.05) is 24.3 Å². The van der Waals surface area contributed by atoms with E-state index >= 15 is 0 Å². The Morgan fingerprint density at radius 3 is 2.58 bits per heavy atom. The molecule has 0 spiro atoms. The summed E-state index contributed by atoms with van der Waals surface area (Å²) in [6.07, 6.45) is 6.25. The summed E-state index contributed by atoms with van der Waals surface area (Å²) in [5.74, 6) is 1.04. The lowest BCUT2D eigenvalue weighted by Gasteiger charge is -2.32. The first-order chi connectivity index (χ1) is 12.5. The topological polar surface area (TPSA) is 54.2 Å². The molecule has 7 heteroatoms. The van der Waals surface area contributed by atoms with Crippen LogP contribution in [0.4, 0.5) is 0 Å². The molecule has 0 saturated heterocycles. The predicted molar refractivity (Wildman–Crippen MR) is 108 cm³/mol. The van der Waals surface area contributed by atoms with Crippen LogP contribution in [0.15, 0.2) is 28.7 Å². The van der Waals surface area contributed by atoms with Crippen LogP contribution in [0.1, 0.15) is 51.8 Å². The highest BCUT2D eigenvalue weighted by Gasteiger charge is 2.21. The van der Waals surface area contributed by atoms with Crippen LogP contribution in [0.3, 0.4) is 0 Å². The summed E-state index contributed by atoms with van der Waals surface area (Å²) in [6.45, 7) is 4.73. The third-order valence-electron chi connectivity index (χ3n) is 4.68. The molecule has 1 heterocycles. The fourth-order valence-corrected chi connectivity index (χ4v) is 3.73. The van der Waals surface area contributed by atoms with Crippen molar-refractivity contribution >= 4 is 28.9 Å². The summed E-state index contributed by atoms with van der Waals surface area (Å²) in [4.78, 5) is 2.10. The molecule has 1 saturated carbocycles. The van der Waals surface area contributed by atoms with Crippen LogP contribution in [-0.2, 0) is 6.54 Å². The predicted octanol–water partition coefficient (Wildman–Crippen LogP) is 4.81. The van der Waals surface area contributed by atoms with E-state index in [1.165, 1.54) is 32.1 Å². The summed E-state index contributed by atoms with van der Waals surface area (Å²) in [5.41, 5.74) is 0.854.